The number of aliphatic hydroxyl groups excluding tert-OH is 1. The summed E-state index contributed by atoms with van der Waals surface area (Å²) >= 11 is 0. The zero-order chi connectivity index (χ0) is 21.9. The molecule has 1 heterocycles. The molecule has 0 bridgehead atoms. The molecule has 2 aliphatic rings. The molecule has 2 rings (SSSR count). The number of allylic oxidation sites excluding steroid dienone is 1. The highest BCUT2D eigenvalue weighted by Crippen LogP contribution is 2.37. The monoisotopic (exact) mass is 404 g/mol. The lowest BCUT2D eigenvalue weighted by atomic mass is 9.83. The molecule has 7 nitrogen and oxygen atoms in total. The van der Waals surface area contributed by atoms with E-state index in [9.17, 15) is 19.5 Å². The molecule has 0 aromatic rings. The summed E-state index contributed by atoms with van der Waals surface area (Å²) in [6.45, 7) is 11.9. The van der Waals surface area contributed by atoms with E-state index in [0.717, 1.165) is 0 Å². The van der Waals surface area contributed by atoms with Crippen molar-refractivity contribution in [3.05, 3.63) is 47.1 Å². The molecule has 29 heavy (non-hydrogen) atoms. The zero-order valence-electron chi connectivity index (χ0n) is 17.4. The molecule has 0 saturated carbocycles. The minimum absolute atomic E-state index is 0.117. The topological polar surface area (TPSA) is 99.1 Å². The minimum Gasteiger partial charge on any atom is -0.458 e. The van der Waals surface area contributed by atoms with E-state index < -0.39 is 48.2 Å². The quantitative estimate of drug-likeness (QED) is 0.334. The molecular formula is C22H28O7. The first-order valence-electron chi connectivity index (χ1n) is 9.50. The van der Waals surface area contributed by atoms with Crippen LogP contribution in [0.4, 0.5) is 0 Å². The molecule has 1 unspecified atom stereocenters. The predicted octanol–water partition coefficient (Wildman–Crippen LogP) is 2.55. The van der Waals surface area contributed by atoms with Gasteiger partial charge in [0.1, 0.15) is 24.4 Å². The fourth-order valence-electron chi connectivity index (χ4n) is 3.36. The van der Waals surface area contributed by atoms with Crippen LogP contribution >= 0.6 is 0 Å². The summed E-state index contributed by atoms with van der Waals surface area (Å²) in [4.78, 5) is 36.1. The third-order valence-electron chi connectivity index (χ3n) is 5.29. The molecule has 5 atom stereocenters. The standard InChI is InChI=1S/C22H28O7/c1-7-11(2)21(25)29-20-18-14(5)22(26)28-17(18)10-13(4)16(27-15(6)23)9-8-12(3)19(20)24/h7-8,10,16-20,24H,5,9H2,1-4,6H3/b11-7-,12-8+,13-10-/t16-,17+,18-,19?,20-/m0/s1. The fourth-order valence-corrected chi connectivity index (χ4v) is 3.36. The van der Waals surface area contributed by atoms with E-state index in [1.807, 2.05) is 0 Å². The Kier molecular flexibility index (Phi) is 7.19. The summed E-state index contributed by atoms with van der Waals surface area (Å²) in [5, 5.41) is 10.9. The maximum atomic E-state index is 12.4. The number of ether oxygens (including phenoxy) is 3. The van der Waals surface area contributed by atoms with Crippen LogP contribution in [0.1, 0.15) is 41.0 Å². The van der Waals surface area contributed by atoms with Crippen molar-refractivity contribution in [2.75, 3.05) is 0 Å². The number of hydrogen-bond acceptors (Lipinski definition) is 7. The van der Waals surface area contributed by atoms with Crippen molar-refractivity contribution in [3.63, 3.8) is 0 Å². The second kappa shape index (κ2) is 9.22. The van der Waals surface area contributed by atoms with Gasteiger partial charge in [-0.1, -0.05) is 18.7 Å². The molecular weight excluding hydrogens is 376 g/mol. The minimum atomic E-state index is -1.19. The van der Waals surface area contributed by atoms with Gasteiger partial charge in [-0.2, -0.15) is 0 Å². The molecule has 0 radical (unpaired) electrons. The van der Waals surface area contributed by atoms with E-state index in [1.165, 1.54) is 6.92 Å². The van der Waals surface area contributed by atoms with Gasteiger partial charge in [0.05, 0.1) is 5.92 Å². The molecule has 0 aromatic heterocycles. The van der Waals surface area contributed by atoms with Crippen molar-refractivity contribution in [3.8, 4) is 0 Å². The van der Waals surface area contributed by atoms with Crippen molar-refractivity contribution in [1.29, 1.82) is 0 Å². The van der Waals surface area contributed by atoms with E-state index in [4.69, 9.17) is 14.2 Å². The fraction of sp³-hybridized carbons (Fsp3) is 0.500. The van der Waals surface area contributed by atoms with Gasteiger partial charge in [0.15, 0.2) is 0 Å². The highest BCUT2D eigenvalue weighted by atomic mass is 16.6. The van der Waals surface area contributed by atoms with Gasteiger partial charge in [0.25, 0.3) is 0 Å². The predicted molar refractivity (Wildman–Crippen MR) is 106 cm³/mol. The first-order valence-corrected chi connectivity index (χ1v) is 9.50. The lowest BCUT2D eigenvalue weighted by Gasteiger charge is -2.32. The summed E-state index contributed by atoms with van der Waals surface area (Å²) in [6, 6.07) is 0. The Morgan fingerprint density at radius 3 is 2.48 bits per heavy atom. The number of esters is 3. The smallest absolute Gasteiger partial charge is 0.334 e. The maximum absolute atomic E-state index is 12.4. The molecule has 158 valence electrons. The van der Waals surface area contributed by atoms with Gasteiger partial charge < -0.3 is 19.3 Å². The van der Waals surface area contributed by atoms with Gasteiger partial charge in [-0.25, -0.2) is 9.59 Å². The lowest BCUT2D eigenvalue weighted by molar-refractivity contribution is -0.153. The van der Waals surface area contributed by atoms with Crippen molar-refractivity contribution in [2.45, 2.75) is 65.5 Å². The second-order valence-corrected chi connectivity index (χ2v) is 7.40. The average molecular weight is 404 g/mol. The maximum Gasteiger partial charge on any atom is 0.334 e. The Morgan fingerprint density at radius 2 is 1.90 bits per heavy atom. The number of rotatable bonds is 3. The van der Waals surface area contributed by atoms with E-state index >= 15 is 0 Å². The molecule has 1 saturated heterocycles. The van der Waals surface area contributed by atoms with Crippen LogP contribution in [0.3, 0.4) is 0 Å². The van der Waals surface area contributed by atoms with Crippen molar-refractivity contribution >= 4 is 17.9 Å². The van der Waals surface area contributed by atoms with Gasteiger partial charge in [-0.3, -0.25) is 4.79 Å². The molecule has 1 N–H and O–H groups in total. The Bertz CT molecular complexity index is 802. The van der Waals surface area contributed by atoms with Crippen molar-refractivity contribution < 1.29 is 33.7 Å². The summed E-state index contributed by atoms with van der Waals surface area (Å²) in [5.74, 6) is -2.43. The average Bonchev–Trinajstić information content (AvgIpc) is 2.93. The van der Waals surface area contributed by atoms with Gasteiger partial charge in [0, 0.05) is 24.5 Å². The molecule has 0 aromatic carbocycles. The lowest BCUT2D eigenvalue weighted by Crippen LogP contribution is -2.43. The Balaban J connectivity index is 2.52. The van der Waals surface area contributed by atoms with E-state index in [2.05, 4.69) is 6.58 Å². The third kappa shape index (κ3) is 5.03. The number of fused-ring (bicyclic) bond motifs is 1. The van der Waals surface area contributed by atoms with E-state index in [-0.39, 0.29) is 5.57 Å². The Morgan fingerprint density at radius 1 is 1.24 bits per heavy atom. The number of carbonyl (C=O) groups excluding carboxylic acids is 3. The Labute approximate surface area is 170 Å². The van der Waals surface area contributed by atoms with Crippen LogP contribution in [-0.4, -0.2) is 47.4 Å². The molecule has 7 heteroatoms. The molecule has 0 amide bonds. The largest absolute Gasteiger partial charge is 0.458 e. The highest BCUT2D eigenvalue weighted by Gasteiger charge is 2.47. The molecule has 1 aliphatic heterocycles. The normalized spacial score (nSPS) is 34.1. The highest BCUT2D eigenvalue weighted by molar-refractivity contribution is 5.92. The van der Waals surface area contributed by atoms with Crippen LogP contribution < -0.4 is 0 Å². The summed E-state index contributed by atoms with van der Waals surface area (Å²) in [7, 11) is 0. The first-order chi connectivity index (χ1) is 13.6. The first kappa shape index (κ1) is 22.6. The van der Waals surface area contributed by atoms with Gasteiger partial charge in [-0.15, -0.1) is 0 Å². The van der Waals surface area contributed by atoms with Gasteiger partial charge in [-0.05, 0) is 44.9 Å². The summed E-state index contributed by atoms with van der Waals surface area (Å²) < 4.78 is 16.4. The SMILES string of the molecule is C=C1C(=O)O[C@@H]2/C=C(/C)[C@@H](OC(C)=O)C/C=C(\C)C(O)[C@@H](OC(=O)/C(C)=C\C)[C@@H]12. The van der Waals surface area contributed by atoms with Crippen LogP contribution in [0, 0.1) is 5.92 Å². The summed E-state index contributed by atoms with van der Waals surface area (Å²) in [6.07, 6.45) is 1.71. The van der Waals surface area contributed by atoms with E-state index in [1.54, 1.807) is 45.9 Å². The van der Waals surface area contributed by atoms with Gasteiger partial charge in [0.2, 0.25) is 0 Å². The molecule has 1 aliphatic carbocycles. The van der Waals surface area contributed by atoms with Gasteiger partial charge >= 0.3 is 17.9 Å². The van der Waals surface area contributed by atoms with Crippen LogP contribution in [-0.2, 0) is 28.6 Å². The van der Waals surface area contributed by atoms with E-state index in [0.29, 0.717) is 23.1 Å². The van der Waals surface area contributed by atoms with Crippen LogP contribution in [0.15, 0.2) is 47.1 Å². The van der Waals surface area contributed by atoms with Crippen LogP contribution in [0.5, 0.6) is 0 Å². The second-order valence-electron chi connectivity index (χ2n) is 7.40. The number of carbonyl (C=O) groups is 3. The third-order valence-corrected chi connectivity index (χ3v) is 5.29. The zero-order valence-corrected chi connectivity index (χ0v) is 17.4. The van der Waals surface area contributed by atoms with Crippen molar-refractivity contribution in [1.82, 2.24) is 0 Å². The van der Waals surface area contributed by atoms with Crippen LogP contribution in [0.25, 0.3) is 0 Å². The molecule has 1 fully saturated rings. The Hall–Kier alpha value is -2.67. The van der Waals surface area contributed by atoms with Crippen LogP contribution in [0.2, 0.25) is 0 Å². The summed E-state index contributed by atoms with van der Waals surface area (Å²) in [5.41, 5.74) is 1.71. The molecule has 0 spiro atoms. The van der Waals surface area contributed by atoms with Crippen molar-refractivity contribution in [2.24, 2.45) is 5.92 Å². The number of aliphatic hydroxyl groups is 1. The number of hydrogen-bond donors (Lipinski definition) is 1.